The first kappa shape index (κ1) is 15.9. The molecular formula is C16H24O2S2. The zero-order valence-electron chi connectivity index (χ0n) is 12.4. The van der Waals surface area contributed by atoms with Crippen molar-refractivity contribution in [3.8, 4) is 11.5 Å². The third kappa shape index (κ3) is 4.81. The number of hydrogen-bond donors (Lipinski definition) is 0. The molecular weight excluding hydrogens is 288 g/mol. The van der Waals surface area contributed by atoms with Crippen LogP contribution < -0.4 is 9.47 Å². The molecule has 1 saturated carbocycles. The second kappa shape index (κ2) is 8.73. The summed E-state index contributed by atoms with van der Waals surface area (Å²) in [6, 6.07) is 6.19. The third-order valence-electron chi connectivity index (χ3n) is 3.66. The molecule has 2 nitrogen and oxygen atoms in total. The predicted molar refractivity (Wildman–Crippen MR) is 89.1 cm³/mol. The average molecular weight is 312 g/mol. The Morgan fingerprint density at radius 1 is 1.05 bits per heavy atom. The maximum Gasteiger partial charge on any atom is 0.136 e. The zero-order chi connectivity index (χ0) is 14.2. The van der Waals surface area contributed by atoms with Gasteiger partial charge in [0, 0.05) is 6.07 Å². The second-order valence-electron chi connectivity index (χ2n) is 5.15. The van der Waals surface area contributed by atoms with Crippen molar-refractivity contribution in [1.29, 1.82) is 0 Å². The first-order chi connectivity index (χ1) is 9.83. The summed E-state index contributed by atoms with van der Waals surface area (Å²) in [6.07, 6.45) is 11.5. The molecule has 0 N–H and O–H groups in total. The van der Waals surface area contributed by atoms with E-state index in [4.69, 9.17) is 9.47 Å². The van der Waals surface area contributed by atoms with Crippen molar-refractivity contribution >= 4 is 21.6 Å². The van der Waals surface area contributed by atoms with Gasteiger partial charge in [-0.05, 0) is 44.1 Å². The molecule has 0 saturated heterocycles. The number of ether oxygens (including phenoxy) is 2. The molecule has 1 fully saturated rings. The predicted octanol–water partition coefficient (Wildman–Crippen LogP) is 5.56. The van der Waals surface area contributed by atoms with Gasteiger partial charge in [-0.2, -0.15) is 0 Å². The lowest BCUT2D eigenvalue weighted by atomic mass is 9.98. The first-order valence-corrected chi connectivity index (χ1v) is 9.94. The lowest BCUT2D eigenvalue weighted by Gasteiger charge is -2.22. The second-order valence-corrected chi connectivity index (χ2v) is 7.59. The van der Waals surface area contributed by atoms with Crippen LogP contribution in [0.5, 0.6) is 11.5 Å². The van der Waals surface area contributed by atoms with Gasteiger partial charge in [-0.3, -0.25) is 0 Å². The topological polar surface area (TPSA) is 18.5 Å². The van der Waals surface area contributed by atoms with Gasteiger partial charge in [-0.25, -0.2) is 0 Å². The van der Waals surface area contributed by atoms with Crippen LogP contribution in [-0.4, -0.2) is 19.5 Å². The lowest BCUT2D eigenvalue weighted by Crippen LogP contribution is -2.17. The number of benzene rings is 1. The van der Waals surface area contributed by atoms with Crippen LogP contribution in [0.2, 0.25) is 0 Å². The molecule has 1 aromatic carbocycles. The van der Waals surface area contributed by atoms with Crippen molar-refractivity contribution in [1.82, 2.24) is 0 Å². The van der Waals surface area contributed by atoms with E-state index in [0.29, 0.717) is 6.10 Å². The van der Waals surface area contributed by atoms with Gasteiger partial charge in [0.05, 0.1) is 18.1 Å². The maximum absolute atomic E-state index is 6.17. The minimum absolute atomic E-state index is 0.374. The third-order valence-corrected chi connectivity index (χ3v) is 5.39. The van der Waals surface area contributed by atoms with E-state index in [1.165, 1.54) is 44.9 Å². The maximum atomic E-state index is 6.17. The largest absolute Gasteiger partial charge is 0.495 e. The van der Waals surface area contributed by atoms with Gasteiger partial charge in [0.15, 0.2) is 0 Å². The summed E-state index contributed by atoms with van der Waals surface area (Å²) >= 11 is 0. The van der Waals surface area contributed by atoms with Crippen LogP contribution in [0, 0.1) is 0 Å². The molecule has 2 rings (SSSR count). The Hall–Kier alpha value is -0.480. The van der Waals surface area contributed by atoms with Crippen LogP contribution in [0.4, 0.5) is 0 Å². The minimum Gasteiger partial charge on any atom is -0.495 e. The summed E-state index contributed by atoms with van der Waals surface area (Å²) in [5, 5.41) is 0. The highest BCUT2D eigenvalue weighted by molar-refractivity contribution is 8.76. The summed E-state index contributed by atoms with van der Waals surface area (Å²) in [5.41, 5.74) is 0. The van der Waals surface area contributed by atoms with Gasteiger partial charge < -0.3 is 9.47 Å². The fraction of sp³-hybridized carbons (Fsp3) is 0.625. The molecule has 0 radical (unpaired) electrons. The Balaban J connectivity index is 2.00. The standard InChI is InChI=1S/C16H24O2S2/c1-17-15-12-14(10-11-16(15)20-19-2)18-13-8-6-4-3-5-7-9-13/h10-13H,3-9H2,1-2H3. The molecule has 1 aromatic rings. The molecule has 0 heterocycles. The summed E-state index contributed by atoms with van der Waals surface area (Å²) in [6.45, 7) is 0. The van der Waals surface area contributed by atoms with Gasteiger partial charge >= 0.3 is 0 Å². The molecule has 0 atom stereocenters. The number of rotatable bonds is 5. The molecule has 1 aliphatic carbocycles. The molecule has 0 unspecified atom stereocenters. The fourth-order valence-electron chi connectivity index (χ4n) is 2.61. The highest BCUT2D eigenvalue weighted by atomic mass is 33.1. The molecule has 0 amide bonds. The monoisotopic (exact) mass is 312 g/mol. The Bertz CT molecular complexity index is 401. The molecule has 4 heteroatoms. The van der Waals surface area contributed by atoms with Crippen LogP contribution in [0.1, 0.15) is 44.9 Å². The molecule has 20 heavy (non-hydrogen) atoms. The normalized spacial score (nSPS) is 17.3. The Labute approximate surface area is 130 Å². The first-order valence-electron chi connectivity index (χ1n) is 7.39. The quantitative estimate of drug-likeness (QED) is 0.663. The minimum atomic E-state index is 0.374. The summed E-state index contributed by atoms with van der Waals surface area (Å²) in [7, 11) is 5.17. The average Bonchev–Trinajstić information content (AvgIpc) is 2.43. The van der Waals surface area contributed by atoms with E-state index < -0.39 is 0 Å². The van der Waals surface area contributed by atoms with E-state index >= 15 is 0 Å². The van der Waals surface area contributed by atoms with Crippen molar-refractivity contribution in [2.45, 2.75) is 55.9 Å². The van der Waals surface area contributed by atoms with E-state index in [9.17, 15) is 0 Å². The van der Waals surface area contributed by atoms with E-state index in [1.54, 1.807) is 28.7 Å². The summed E-state index contributed by atoms with van der Waals surface area (Å²) in [4.78, 5) is 1.16. The van der Waals surface area contributed by atoms with Crippen LogP contribution in [-0.2, 0) is 0 Å². The van der Waals surface area contributed by atoms with Gasteiger partial charge in [0.25, 0.3) is 0 Å². The SMILES string of the molecule is COc1cc(OC2CCCCCCC2)ccc1SSC. The van der Waals surface area contributed by atoms with E-state index in [1.807, 2.05) is 6.07 Å². The number of methoxy groups -OCH3 is 1. The smallest absolute Gasteiger partial charge is 0.136 e. The van der Waals surface area contributed by atoms with Gasteiger partial charge in [0.2, 0.25) is 0 Å². The van der Waals surface area contributed by atoms with Crippen molar-refractivity contribution in [3.63, 3.8) is 0 Å². The van der Waals surface area contributed by atoms with Gasteiger partial charge in [0.1, 0.15) is 11.5 Å². The Kier molecular flexibility index (Phi) is 6.94. The van der Waals surface area contributed by atoms with Crippen molar-refractivity contribution in [2.75, 3.05) is 13.4 Å². The molecule has 0 bridgehead atoms. The van der Waals surface area contributed by atoms with Gasteiger partial charge in [-0.1, -0.05) is 40.9 Å². The van der Waals surface area contributed by atoms with Crippen molar-refractivity contribution < 1.29 is 9.47 Å². The summed E-state index contributed by atoms with van der Waals surface area (Å²) < 4.78 is 11.6. The Morgan fingerprint density at radius 3 is 2.40 bits per heavy atom. The molecule has 0 aliphatic heterocycles. The highest BCUT2D eigenvalue weighted by Gasteiger charge is 2.14. The molecule has 0 aromatic heterocycles. The summed E-state index contributed by atoms with van der Waals surface area (Å²) in [5.74, 6) is 1.85. The Morgan fingerprint density at radius 2 is 1.75 bits per heavy atom. The van der Waals surface area contributed by atoms with Gasteiger partial charge in [-0.15, -0.1) is 0 Å². The van der Waals surface area contributed by atoms with Crippen LogP contribution in [0.3, 0.4) is 0 Å². The zero-order valence-corrected chi connectivity index (χ0v) is 14.0. The number of hydrogen-bond acceptors (Lipinski definition) is 4. The molecule has 1 aliphatic rings. The lowest BCUT2D eigenvalue weighted by molar-refractivity contribution is 0.166. The van der Waals surface area contributed by atoms with Crippen molar-refractivity contribution in [3.05, 3.63) is 18.2 Å². The molecule has 0 spiro atoms. The van der Waals surface area contributed by atoms with Crippen LogP contribution in [0.25, 0.3) is 0 Å². The fourth-order valence-corrected chi connectivity index (χ4v) is 4.09. The molecule has 112 valence electrons. The van der Waals surface area contributed by atoms with E-state index in [-0.39, 0.29) is 0 Å². The van der Waals surface area contributed by atoms with Crippen LogP contribution >= 0.6 is 21.6 Å². The van der Waals surface area contributed by atoms with Crippen molar-refractivity contribution in [2.24, 2.45) is 0 Å². The van der Waals surface area contributed by atoms with E-state index in [2.05, 4.69) is 18.4 Å². The van der Waals surface area contributed by atoms with Crippen LogP contribution in [0.15, 0.2) is 23.1 Å². The highest BCUT2D eigenvalue weighted by Crippen LogP contribution is 2.38. The van der Waals surface area contributed by atoms with E-state index in [0.717, 1.165) is 16.4 Å².